The Morgan fingerprint density at radius 3 is 1.54 bits per heavy atom. The second kappa shape index (κ2) is 20.5. The number of likely N-dealkylation sites (tertiary alicyclic amines) is 1. The molecule has 2 aliphatic heterocycles. The van der Waals surface area contributed by atoms with Crippen LogP contribution in [0.3, 0.4) is 0 Å². The number of ether oxygens (including phenoxy) is 1. The largest absolute Gasteiger partial charge is 0.444 e. The number of aromatic nitrogens is 2. The molecule has 332 valence electrons. The van der Waals surface area contributed by atoms with Gasteiger partial charge >= 0.3 is 6.09 Å². The van der Waals surface area contributed by atoms with Gasteiger partial charge in [-0.15, -0.1) is 22.7 Å². The van der Waals surface area contributed by atoms with Crippen molar-refractivity contribution in [1.82, 2.24) is 30.8 Å². The van der Waals surface area contributed by atoms with Gasteiger partial charge in [0.1, 0.15) is 5.60 Å². The van der Waals surface area contributed by atoms with Crippen molar-refractivity contribution in [2.75, 3.05) is 26.2 Å². The highest BCUT2D eigenvalue weighted by atomic mass is 32.1. The summed E-state index contributed by atoms with van der Waals surface area (Å²) in [6, 6.07) is 3.77. The fraction of sp³-hybridized carbons (Fsp3) is 0.533. The number of pyridine rings is 2. The number of aliphatic hydroxyl groups excluding tert-OH is 2. The fourth-order valence-corrected chi connectivity index (χ4v) is 10.2. The van der Waals surface area contributed by atoms with Crippen LogP contribution in [0.25, 0.3) is 0 Å². The number of aliphatic hydroxyl groups is 2. The van der Waals surface area contributed by atoms with Crippen LogP contribution >= 0.6 is 22.7 Å². The molecule has 0 aliphatic carbocycles. The van der Waals surface area contributed by atoms with Gasteiger partial charge in [0.25, 0.3) is 22.9 Å². The van der Waals surface area contributed by atoms with E-state index >= 15 is 0 Å². The number of hydrogen-bond acceptors (Lipinski definition) is 11. The van der Waals surface area contributed by atoms with E-state index in [4.69, 9.17) is 4.74 Å². The lowest BCUT2D eigenvalue weighted by Crippen LogP contribution is -2.42. The van der Waals surface area contributed by atoms with E-state index in [1.54, 1.807) is 15.7 Å². The molecule has 7 N–H and O–H groups in total. The molecule has 0 aromatic carbocycles. The van der Waals surface area contributed by atoms with Crippen LogP contribution in [0.5, 0.6) is 0 Å². The standard InChI is InChI=1S/C25H35N3O5S.C20H27N3O3S/c1-14-11-15(2)27-23(31)18(14)12-26-22(30)19-13-34-21(16(19)3)20(29)17-7-9-28(10-8-17)24(32)33-25(4,5)6;1-11-8-12(2)23-20(26)15(11)9-22-19(25)16-10-27-18(13(16)3)17(24)14-4-6-21-7-5-14/h11,13,17,20,29H,7-10,12H2,1-6H3,(H,26,30)(H,27,31);8,10,14,17,21,24H,4-7,9H2,1-3H3,(H,22,25)(H,23,26). The molecule has 2 fully saturated rings. The Bertz CT molecular complexity index is 2310. The number of hydrogen-bond donors (Lipinski definition) is 7. The van der Waals surface area contributed by atoms with E-state index in [0.29, 0.717) is 48.2 Å². The zero-order chi connectivity index (χ0) is 44.8. The summed E-state index contributed by atoms with van der Waals surface area (Å²) in [5, 5.41) is 34.3. The summed E-state index contributed by atoms with van der Waals surface area (Å²) < 4.78 is 5.44. The number of carbonyl (C=O) groups excluding carboxylic acids is 3. The molecule has 0 bridgehead atoms. The van der Waals surface area contributed by atoms with Crippen LogP contribution in [0.1, 0.15) is 134 Å². The van der Waals surface area contributed by atoms with Crippen LogP contribution in [0.4, 0.5) is 4.79 Å². The third-order valence-corrected chi connectivity index (χ3v) is 13.8. The predicted octanol–water partition coefficient (Wildman–Crippen LogP) is 6.30. The van der Waals surface area contributed by atoms with Gasteiger partial charge < -0.3 is 45.8 Å². The van der Waals surface area contributed by atoms with Gasteiger partial charge in [-0.05, 0) is 147 Å². The number of piperidine rings is 2. The molecule has 0 radical (unpaired) electrons. The minimum Gasteiger partial charge on any atom is -0.444 e. The van der Waals surface area contributed by atoms with E-state index in [9.17, 15) is 34.2 Å². The molecule has 2 unspecified atom stereocenters. The number of nitrogens with zero attached hydrogens (tertiary/aromatic N) is 1. The predicted molar refractivity (Wildman–Crippen MR) is 240 cm³/mol. The number of carbonyl (C=O) groups is 3. The number of rotatable bonds is 10. The first-order valence-electron chi connectivity index (χ1n) is 20.9. The molecule has 61 heavy (non-hydrogen) atoms. The minimum atomic E-state index is -0.700. The first-order valence-corrected chi connectivity index (χ1v) is 22.7. The number of H-pyrrole nitrogens is 2. The topological polar surface area (TPSA) is 206 Å². The molecule has 0 saturated carbocycles. The Hall–Kier alpha value is -4.61. The summed E-state index contributed by atoms with van der Waals surface area (Å²) in [7, 11) is 0. The number of nitrogens with one attached hydrogen (secondary N) is 5. The van der Waals surface area contributed by atoms with Gasteiger partial charge in [0.05, 0.1) is 23.3 Å². The number of aromatic amines is 2. The number of thiophene rings is 2. The Balaban J connectivity index is 0.000000237. The third-order valence-electron chi connectivity index (χ3n) is 11.5. The Labute approximate surface area is 365 Å². The zero-order valence-corrected chi connectivity index (χ0v) is 38.4. The number of amides is 3. The maximum absolute atomic E-state index is 12.8. The first-order chi connectivity index (χ1) is 28.7. The van der Waals surface area contributed by atoms with E-state index in [0.717, 1.165) is 69.3 Å². The van der Waals surface area contributed by atoms with Gasteiger partial charge in [-0.1, -0.05) is 0 Å². The smallest absolute Gasteiger partial charge is 0.410 e. The molecule has 14 nitrogen and oxygen atoms in total. The van der Waals surface area contributed by atoms with Crippen LogP contribution in [-0.2, 0) is 17.8 Å². The molecule has 2 saturated heterocycles. The third kappa shape index (κ3) is 12.1. The van der Waals surface area contributed by atoms with E-state index in [-0.39, 0.29) is 54.0 Å². The van der Waals surface area contributed by atoms with Crippen LogP contribution in [0.15, 0.2) is 32.5 Å². The summed E-state index contributed by atoms with van der Waals surface area (Å²) in [5.41, 5.74) is 6.13. The quantitative estimate of drug-likeness (QED) is 0.0954. The lowest BCUT2D eigenvalue weighted by atomic mass is 9.89. The van der Waals surface area contributed by atoms with Crippen molar-refractivity contribution < 1.29 is 29.3 Å². The normalized spacial score (nSPS) is 16.0. The highest BCUT2D eigenvalue weighted by molar-refractivity contribution is 7.10. The molecule has 4 aromatic heterocycles. The summed E-state index contributed by atoms with van der Waals surface area (Å²) >= 11 is 2.80. The lowest BCUT2D eigenvalue weighted by molar-refractivity contribution is 0.00799. The Morgan fingerprint density at radius 1 is 0.738 bits per heavy atom. The fourth-order valence-electron chi connectivity index (χ4n) is 7.94. The highest BCUT2D eigenvalue weighted by Gasteiger charge is 2.33. The molecule has 3 amide bonds. The zero-order valence-electron chi connectivity index (χ0n) is 36.8. The van der Waals surface area contributed by atoms with Gasteiger partial charge in [-0.25, -0.2) is 4.79 Å². The molecule has 6 rings (SSSR count). The van der Waals surface area contributed by atoms with Crippen LogP contribution in [0.2, 0.25) is 0 Å². The molecule has 4 aromatic rings. The monoisotopic (exact) mass is 878 g/mol. The molecule has 2 aliphatic rings. The Morgan fingerprint density at radius 2 is 1.15 bits per heavy atom. The molecule has 6 heterocycles. The van der Waals surface area contributed by atoms with Crippen LogP contribution < -0.4 is 27.1 Å². The van der Waals surface area contributed by atoms with Crippen molar-refractivity contribution in [2.24, 2.45) is 11.8 Å². The van der Waals surface area contributed by atoms with Crippen LogP contribution in [-0.4, -0.2) is 74.8 Å². The van der Waals surface area contributed by atoms with Crippen molar-refractivity contribution in [2.45, 2.75) is 119 Å². The number of aryl methyl sites for hydroxylation is 4. The summed E-state index contributed by atoms with van der Waals surface area (Å²) in [6.07, 6.45) is 1.65. The van der Waals surface area contributed by atoms with Crippen molar-refractivity contribution >= 4 is 40.6 Å². The van der Waals surface area contributed by atoms with Gasteiger partial charge in [-0.3, -0.25) is 19.2 Å². The van der Waals surface area contributed by atoms with Gasteiger partial charge in [0.15, 0.2) is 0 Å². The highest BCUT2D eigenvalue weighted by Crippen LogP contribution is 2.38. The van der Waals surface area contributed by atoms with Gasteiger partial charge in [0, 0.05) is 69.2 Å². The molecule has 2 atom stereocenters. The SMILES string of the molecule is Cc1cc(C)c(CNC(=O)c2csc(C(O)C3CCN(C(=O)OC(C)(C)C)CC3)c2C)c(=O)[nH]1.Cc1cc(C)c(CNC(=O)c2csc(C(O)C3CCNCC3)c2C)c(=O)[nH]1. The average molecular weight is 879 g/mol. The molecule has 16 heteroatoms. The van der Waals surface area contributed by atoms with Crippen molar-refractivity contribution in [3.8, 4) is 0 Å². The van der Waals surface area contributed by atoms with Gasteiger partial charge in [-0.2, -0.15) is 0 Å². The van der Waals surface area contributed by atoms with Crippen molar-refractivity contribution in [1.29, 1.82) is 0 Å². The Kier molecular flexibility index (Phi) is 15.9. The maximum atomic E-state index is 12.8. The second-order valence-corrected chi connectivity index (χ2v) is 19.1. The van der Waals surface area contributed by atoms with Crippen molar-refractivity contribution in [3.05, 3.63) is 109 Å². The average Bonchev–Trinajstić information content (AvgIpc) is 3.78. The summed E-state index contributed by atoms with van der Waals surface area (Å²) in [6.45, 7) is 19.8. The summed E-state index contributed by atoms with van der Waals surface area (Å²) in [5.74, 6) is -0.257. The maximum Gasteiger partial charge on any atom is 0.410 e. The van der Waals surface area contributed by atoms with E-state index in [1.807, 2.05) is 74.4 Å². The van der Waals surface area contributed by atoms with Crippen LogP contribution in [0, 0.1) is 53.4 Å². The molecule has 0 spiro atoms. The lowest BCUT2D eigenvalue weighted by Gasteiger charge is -2.35. The van der Waals surface area contributed by atoms with E-state index in [1.165, 1.54) is 22.7 Å². The van der Waals surface area contributed by atoms with E-state index < -0.39 is 17.8 Å². The van der Waals surface area contributed by atoms with Crippen molar-refractivity contribution in [3.63, 3.8) is 0 Å². The van der Waals surface area contributed by atoms with E-state index in [2.05, 4.69) is 25.9 Å². The molecular formula is C45H62N6O8S2. The first kappa shape index (κ1) is 47.4. The summed E-state index contributed by atoms with van der Waals surface area (Å²) in [4.78, 5) is 70.9. The molecular weight excluding hydrogens is 817 g/mol. The van der Waals surface area contributed by atoms with Gasteiger partial charge in [0.2, 0.25) is 0 Å². The minimum absolute atomic E-state index is 0.000662. The second-order valence-electron chi connectivity index (χ2n) is 17.3.